The topological polar surface area (TPSA) is 124 Å². The molecule has 1 amide bonds. The fourth-order valence-corrected chi connectivity index (χ4v) is 3.62. The summed E-state index contributed by atoms with van der Waals surface area (Å²) in [4.78, 5) is 27.4. The second-order valence-electron chi connectivity index (χ2n) is 8.02. The highest BCUT2D eigenvalue weighted by Gasteiger charge is 2.24. The minimum absolute atomic E-state index is 0.0911. The molecule has 1 unspecified atom stereocenters. The number of carbonyl (C=O) groups is 2. The molecule has 0 aliphatic heterocycles. The Balaban J connectivity index is 2.09. The highest BCUT2D eigenvalue weighted by molar-refractivity contribution is 5.80. The number of carbonyl (C=O) groups excluding carboxylic acids is 1. The van der Waals surface area contributed by atoms with Gasteiger partial charge in [-0.25, -0.2) is 0 Å². The molecule has 35 heavy (non-hydrogen) atoms. The zero-order valence-electron chi connectivity index (χ0n) is 20.5. The Kier molecular flexibility index (Phi) is 12.0. The molecule has 0 saturated carbocycles. The number of carboxylic acid groups (broad SMARTS) is 1. The molecule has 0 spiro atoms. The maximum Gasteiger partial charge on any atom is 0.317 e. The van der Waals surface area contributed by atoms with Crippen LogP contribution in [0.3, 0.4) is 0 Å². The maximum absolute atomic E-state index is 12.3. The number of aliphatic carboxylic acids is 1. The zero-order chi connectivity index (χ0) is 25.6. The minimum Gasteiger partial charge on any atom is -0.480 e. The zero-order valence-corrected chi connectivity index (χ0v) is 20.5. The largest absolute Gasteiger partial charge is 0.480 e. The van der Waals surface area contributed by atoms with Gasteiger partial charge in [-0.3, -0.25) is 19.4 Å². The molecule has 1 atom stereocenters. The first-order chi connectivity index (χ1) is 16.8. The van der Waals surface area contributed by atoms with Crippen molar-refractivity contribution in [3.05, 3.63) is 59.7 Å². The Bertz CT molecular complexity index is 941. The van der Waals surface area contributed by atoms with Crippen LogP contribution in [0.4, 0.5) is 0 Å². The molecule has 2 aromatic carbocycles. The van der Waals surface area contributed by atoms with Gasteiger partial charge < -0.3 is 29.8 Å². The van der Waals surface area contributed by atoms with Crippen LogP contribution in [0.2, 0.25) is 0 Å². The number of para-hydroxylation sites is 2. The summed E-state index contributed by atoms with van der Waals surface area (Å²) in [5.74, 6) is -0.175. The van der Waals surface area contributed by atoms with Crippen LogP contribution < -0.4 is 15.2 Å². The van der Waals surface area contributed by atoms with Crippen LogP contribution in [0.15, 0.2) is 48.5 Å². The quantitative estimate of drug-likeness (QED) is 0.319. The lowest BCUT2D eigenvalue weighted by atomic mass is 10.0. The molecule has 0 aliphatic rings. The van der Waals surface area contributed by atoms with Crippen molar-refractivity contribution in [2.45, 2.75) is 19.0 Å². The van der Waals surface area contributed by atoms with Crippen LogP contribution in [0.5, 0.6) is 11.5 Å². The Morgan fingerprint density at radius 3 is 2.00 bits per heavy atom. The average Bonchev–Trinajstić information content (AvgIpc) is 2.83. The molecule has 0 bridgehead atoms. The fraction of sp³-hybridized carbons (Fsp3) is 0.440. The second-order valence-corrected chi connectivity index (χ2v) is 8.02. The number of hydrogen-bond acceptors (Lipinski definition) is 8. The van der Waals surface area contributed by atoms with E-state index in [1.54, 1.807) is 11.9 Å². The molecule has 10 heteroatoms. The number of rotatable bonds is 17. The number of primary amides is 1. The molecule has 0 aliphatic carbocycles. The summed E-state index contributed by atoms with van der Waals surface area (Å²) in [5.41, 5.74) is 7.39. The van der Waals surface area contributed by atoms with Crippen molar-refractivity contribution in [1.82, 2.24) is 9.80 Å². The monoisotopic (exact) mass is 489 g/mol. The number of ether oxygens (including phenoxy) is 4. The van der Waals surface area contributed by atoms with E-state index in [0.29, 0.717) is 37.6 Å². The lowest BCUT2D eigenvalue weighted by Crippen LogP contribution is -2.47. The van der Waals surface area contributed by atoms with Crippen LogP contribution in [-0.4, -0.2) is 87.3 Å². The summed E-state index contributed by atoms with van der Waals surface area (Å²) < 4.78 is 21.2. The molecule has 10 nitrogen and oxygen atoms in total. The molecule has 192 valence electrons. The van der Waals surface area contributed by atoms with Crippen LogP contribution in [-0.2, 0) is 32.0 Å². The third kappa shape index (κ3) is 9.53. The highest BCUT2D eigenvalue weighted by Crippen LogP contribution is 2.22. The smallest absolute Gasteiger partial charge is 0.317 e. The fourth-order valence-electron chi connectivity index (χ4n) is 3.62. The van der Waals surface area contributed by atoms with Gasteiger partial charge in [0.1, 0.15) is 11.5 Å². The van der Waals surface area contributed by atoms with Gasteiger partial charge in [0.2, 0.25) is 5.91 Å². The first-order valence-corrected chi connectivity index (χ1v) is 11.2. The standard InChI is InChI=1S/C25H35N3O7/c1-27(21(25(26)31)14-19-8-4-6-10-22(19)34-17-32-2)12-13-28(16-24(29)30)15-20-9-5-7-11-23(20)35-18-33-3/h4-11,21H,12-18H2,1-3H3,(H2,26,31)(H,29,30). The van der Waals surface area contributed by atoms with Gasteiger partial charge in [0.05, 0.1) is 12.6 Å². The summed E-state index contributed by atoms with van der Waals surface area (Å²) >= 11 is 0. The third-order valence-electron chi connectivity index (χ3n) is 5.41. The predicted molar refractivity (Wildman–Crippen MR) is 130 cm³/mol. The summed E-state index contributed by atoms with van der Waals surface area (Å²) in [5, 5.41) is 9.43. The van der Waals surface area contributed by atoms with Crippen molar-refractivity contribution in [2.24, 2.45) is 5.73 Å². The summed E-state index contributed by atoms with van der Waals surface area (Å²) in [7, 11) is 4.86. The molecule has 0 fully saturated rings. The van der Waals surface area contributed by atoms with Crippen LogP contribution in [0.1, 0.15) is 11.1 Å². The molecule has 0 aromatic heterocycles. The first kappa shape index (κ1) is 28.1. The third-order valence-corrected chi connectivity index (χ3v) is 5.41. The lowest BCUT2D eigenvalue weighted by molar-refractivity contribution is -0.138. The molecule has 3 N–H and O–H groups in total. The first-order valence-electron chi connectivity index (χ1n) is 11.2. The van der Waals surface area contributed by atoms with E-state index in [4.69, 9.17) is 24.7 Å². The van der Waals surface area contributed by atoms with Gasteiger partial charge in [-0.2, -0.15) is 0 Å². The van der Waals surface area contributed by atoms with Crippen LogP contribution in [0, 0.1) is 0 Å². The molecule has 0 radical (unpaired) electrons. The van der Waals surface area contributed by atoms with Gasteiger partial charge in [-0.05, 0) is 24.7 Å². The minimum atomic E-state index is -0.946. The van der Waals surface area contributed by atoms with Crippen molar-refractivity contribution in [1.29, 1.82) is 0 Å². The molecular formula is C25H35N3O7. The number of likely N-dealkylation sites (N-methyl/N-ethyl adjacent to an activating group) is 1. The van der Waals surface area contributed by atoms with Crippen molar-refractivity contribution >= 4 is 11.9 Å². The van der Waals surface area contributed by atoms with Gasteiger partial charge in [0.15, 0.2) is 13.6 Å². The van der Waals surface area contributed by atoms with E-state index >= 15 is 0 Å². The molecule has 0 saturated heterocycles. The summed E-state index contributed by atoms with van der Waals surface area (Å²) in [6.07, 6.45) is 0.346. The Morgan fingerprint density at radius 1 is 0.914 bits per heavy atom. The number of benzene rings is 2. The number of hydrogen-bond donors (Lipinski definition) is 2. The highest BCUT2D eigenvalue weighted by atomic mass is 16.7. The number of nitrogens with two attached hydrogens (primary N) is 1. The number of nitrogens with zero attached hydrogens (tertiary/aromatic N) is 2. The van der Waals surface area contributed by atoms with E-state index in [1.807, 2.05) is 53.4 Å². The van der Waals surface area contributed by atoms with Crippen molar-refractivity contribution < 1.29 is 33.6 Å². The van der Waals surface area contributed by atoms with Gasteiger partial charge in [-0.1, -0.05) is 36.4 Å². The van der Waals surface area contributed by atoms with Crippen molar-refractivity contribution in [3.8, 4) is 11.5 Å². The van der Waals surface area contributed by atoms with Gasteiger partial charge in [-0.15, -0.1) is 0 Å². The maximum atomic E-state index is 12.3. The van der Waals surface area contributed by atoms with E-state index in [9.17, 15) is 14.7 Å². The number of carboxylic acids is 1. The van der Waals surface area contributed by atoms with Crippen molar-refractivity contribution in [3.63, 3.8) is 0 Å². The Morgan fingerprint density at radius 2 is 1.46 bits per heavy atom. The Hall–Kier alpha value is -3.18. The van der Waals surface area contributed by atoms with Crippen molar-refractivity contribution in [2.75, 3.05) is 54.5 Å². The number of amides is 1. The molecular weight excluding hydrogens is 454 g/mol. The molecule has 0 heterocycles. The average molecular weight is 490 g/mol. The van der Waals surface area contributed by atoms with Crippen LogP contribution >= 0.6 is 0 Å². The van der Waals surface area contributed by atoms with Gasteiger partial charge >= 0.3 is 5.97 Å². The van der Waals surface area contributed by atoms with E-state index in [1.165, 1.54) is 14.2 Å². The van der Waals surface area contributed by atoms with Gasteiger partial charge in [0.25, 0.3) is 0 Å². The predicted octanol–water partition coefficient (Wildman–Crippen LogP) is 1.57. The second kappa shape index (κ2) is 14.9. The summed E-state index contributed by atoms with van der Waals surface area (Å²) in [6.45, 7) is 1.19. The summed E-state index contributed by atoms with van der Waals surface area (Å²) in [6, 6.07) is 14.2. The van der Waals surface area contributed by atoms with E-state index in [2.05, 4.69) is 0 Å². The molecule has 2 rings (SSSR count). The van der Waals surface area contributed by atoms with E-state index in [-0.39, 0.29) is 20.1 Å². The SMILES string of the molecule is COCOc1ccccc1CC(C(N)=O)N(C)CCN(CC(=O)O)Cc1ccccc1OCOC. The van der Waals surface area contributed by atoms with E-state index in [0.717, 1.165) is 11.1 Å². The molecule has 2 aromatic rings. The lowest BCUT2D eigenvalue weighted by Gasteiger charge is -2.29. The number of methoxy groups -OCH3 is 2. The van der Waals surface area contributed by atoms with E-state index < -0.39 is 17.9 Å². The Labute approximate surface area is 206 Å². The normalized spacial score (nSPS) is 12.0. The van der Waals surface area contributed by atoms with Crippen LogP contribution in [0.25, 0.3) is 0 Å². The van der Waals surface area contributed by atoms with Gasteiger partial charge in [0, 0.05) is 45.8 Å².